The van der Waals surface area contributed by atoms with Crippen LogP contribution in [0.1, 0.15) is 28.5 Å². The number of carbonyl (C=O) groups is 1. The number of anilines is 1. The van der Waals surface area contributed by atoms with Crippen LogP contribution < -0.4 is 5.73 Å². The Morgan fingerprint density at radius 1 is 1.37 bits per heavy atom. The first kappa shape index (κ1) is 13.5. The van der Waals surface area contributed by atoms with Crippen LogP contribution >= 0.6 is 11.8 Å². The van der Waals surface area contributed by atoms with Crippen LogP contribution in [0.3, 0.4) is 0 Å². The van der Waals surface area contributed by atoms with Gasteiger partial charge >= 0.3 is 5.97 Å². The number of hydrogen-bond acceptors (Lipinski definition) is 5. The van der Waals surface area contributed by atoms with E-state index < -0.39 is 5.97 Å². The highest BCUT2D eigenvalue weighted by molar-refractivity contribution is 7.99. The van der Waals surface area contributed by atoms with Gasteiger partial charge in [-0.1, -0.05) is 6.07 Å². The van der Waals surface area contributed by atoms with E-state index in [1.54, 1.807) is 23.9 Å². The Bertz CT molecular complexity index is 580. The zero-order valence-electron chi connectivity index (χ0n) is 10.8. The number of esters is 1. The molecular weight excluding hydrogens is 262 g/mol. The Labute approximate surface area is 115 Å². The highest BCUT2D eigenvalue weighted by Crippen LogP contribution is 2.36. The molecule has 2 rings (SSSR count). The number of nitrogen functional groups attached to an aromatic ring is 1. The van der Waals surface area contributed by atoms with Gasteiger partial charge in [-0.05, 0) is 37.3 Å². The van der Waals surface area contributed by atoms with Gasteiger partial charge in [0.2, 0.25) is 5.76 Å². The Hall–Kier alpha value is -1.88. The lowest BCUT2D eigenvalue weighted by atomic mass is 10.3. The summed E-state index contributed by atoms with van der Waals surface area (Å²) in [6.45, 7) is 2.01. The smallest absolute Gasteiger partial charge is 0.373 e. The number of methoxy groups -OCH3 is 1. The number of rotatable bonds is 4. The predicted octanol–water partition coefficient (Wildman–Crippen LogP) is 3.50. The van der Waals surface area contributed by atoms with Crippen LogP contribution in [0.4, 0.5) is 5.69 Å². The number of nitrogens with two attached hydrogens (primary N) is 1. The maximum Gasteiger partial charge on any atom is 0.373 e. The van der Waals surface area contributed by atoms with Gasteiger partial charge in [0.25, 0.3) is 0 Å². The summed E-state index contributed by atoms with van der Waals surface area (Å²) in [6.07, 6.45) is 0. The molecule has 5 heteroatoms. The summed E-state index contributed by atoms with van der Waals surface area (Å²) in [5.74, 6) is 0.484. The SMILES string of the molecule is COC(=O)c1ccc(C(C)Sc2cccc(N)c2)o1. The van der Waals surface area contributed by atoms with Gasteiger partial charge in [0.05, 0.1) is 12.4 Å². The third-order valence-electron chi connectivity index (χ3n) is 2.58. The Morgan fingerprint density at radius 3 is 2.84 bits per heavy atom. The maximum absolute atomic E-state index is 11.3. The number of hydrogen-bond donors (Lipinski definition) is 1. The Morgan fingerprint density at radius 2 is 2.16 bits per heavy atom. The Kier molecular flexibility index (Phi) is 4.16. The van der Waals surface area contributed by atoms with Crippen molar-refractivity contribution in [3.05, 3.63) is 47.9 Å². The molecule has 0 radical (unpaired) electrons. The van der Waals surface area contributed by atoms with Crippen LogP contribution in [0.15, 0.2) is 45.7 Å². The van der Waals surface area contributed by atoms with Gasteiger partial charge in [0.15, 0.2) is 0 Å². The van der Waals surface area contributed by atoms with Gasteiger partial charge in [0.1, 0.15) is 5.76 Å². The fraction of sp³-hybridized carbons (Fsp3) is 0.214. The molecule has 100 valence electrons. The molecule has 2 aromatic rings. The summed E-state index contributed by atoms with van der Waals surface area (Å²) in [6, 6.07) is 11.1. The first-order chi connectivity index (χ1) is 9.10. The molecule has 0 spiro atoms. The number of ether oxygens (including phenoxy) is 1. The molecule has 0 aliphatic rings. The molecule has 0 amide bonds. The van der Waals surface area contributed by atoms with E-state index in [1.165, 1.54) is 7.11 Å². The molecular formula is C14H15NO3S. The first-order valence-corrected chi connectivity index (χ1v) is 6.68. The van der Waals surface area contributed by atoms with E-state index >= 15 is 0 Å². The number of thioether (sulfide) groups is 1. The molecule has 0 saturated carbocycles. The van der Waals surface area contributed by atoms with Crippen molar-refractivity contribution < 1.29 is 13.9 Å². The third kappa shape index (κ3) is 3.32. The summed E-state index contributed by atoms with van der Waals surface area (Å²) >= 11 is 1.62. The van der Waals surface area contributed by atoms with Gasteiger partial charge in [-0.2, -0.15) is 0 Å². The lowest BCUT2D eigenvalue weighted by Gasteiger charge is -2.08. The van der Waals surface area contributed by atoms with E-state index in [0.717, 1.165) is 16.3 Å². The molecule has 1 atom stereocenters. The fourth-order valence-electron chi connectivity index (χ4n) is 1.63. The van der Waals surface area contributed by atoms with Crippen LogP contribution in [0.25, 0.3) is 0 Å². The quantitative estimate of drug-likeness (QED) is 0.526. The Balaban J connectivity index is 2.09. The van der Waals surface area contributed by atoms with E-state index in [9.17, 15) is 4.79 Å². The van der Waals surface area contributed by atoms with E-state index in [-0.39, 0.29) is 11.0 Å². The third-order valence-corrected chi connectivity index (χ3v) is 3.70. The summed E-state index contributed by atoms with van der Waals surface area (Å²) in [5, 5.41) is 0.0835. The largest absolute Gasteiger partial charge is 0.463 e. The second kappa shape index (κ2) is 5.84. The zero-order valence-corrected chi connectivity index (χ0v) is 11.6. The number of furan rings is 1. The van der Waals surface area contributed by atoms with E-state index in [0.29, 0.717) is 0 Å². The molecule has 19 heavy (non-hydrogen) atoms. The van der Waals surface area contributed by atoms with Gasteiger partial charge in [-0.15, -0.1) is 11.8 Å². The minimum absolute atomic E-state index is 0.0835. The minimum Gasteiger partial charge on any atom is -0.463 e. The lowest BCUT2D eigenvalue weighted by Crippen LogP contribution is -1.98. The molecule has 1 heterocycles. The van der Waals surface area contributed by atoms with E-state index in [4.69, 9.17) is 10.2 Å². The summed E-state index contributed by atoms with van der Waals surface area (Å²) < 4.78 is 10.1. The second-order valence-corrected chi connectivity index (χ2v) is 5.44. The molecule has 0 bridgehead atoms. The van der Waals surface area contributed by atoms with Crippen molar-refractivity contribution in [2.24, 2.45) is 0 Å². The monoisotopic (exact) mass is 277 g/mol. The summed E-state index contributed by atoms with van der Waals surface area (Å²) in [4.78, 5) is 12.4. The van der Waals surface area contributed by atoms with Gasteiger partial charge in [-0.3, -0.25) is 0 Å². The lowest BCUT2D eigenvalue weighted by molar-refractivity contribution is 0.0563. The van der Waals surface area contributed by atoms with Crippen LogP contribution in [-0.2, 0) is 4.74 Å². The second-order valence-electron chi connectivity index (χ2n) is 4.03. The van der Waals surface area contributed by atoms with Crippen molar-refractivity contribution in [1.82, 2.24) is 0 Å². The highest BCUT2D eigenvalue weighted by Gasteiger charge is 2.16. The molecule has 0 aliphatic heterocycles. The zero-order chi connectivity index (χ0) is 13.8. The van der Waals surface area contributed by atoms with Crippen LogP contribution in [-0.4, -0.2) is 13.1 Å². The van der Waals surface area contributed by atoms with Crippen LogP contribution in [0.5, 0.6) is 0 Å². The molecule has 2 N–H and O–H groups in total. The first-order valence-electron chi connectivity index (χ1n) is 5.80. The maximum atomic E-state index is 11.3. The standard InChI is InChI=1S/C14H15NO3S/c1-9(19-11-5-3-4-10(15)8-11)12-6-7-13(18-12)14(16)17-2/h3-9H,15H2,1-2H3. The normalized spacial score (nSPS) is 12.1. The fourth-order valence-corrected chi connectivity index (χ4v) is 2.64. The molecule has 0 fully saturated rings. The van der Waals surface area contributed by atoms with Gasteiger partial charge in [-0.25, -0.2) is 4.79 Å². The van der Waals surface area contributed by atoms with E-state index in [1.807, 2.05) is 31.2 Å². The number of carbonyl (C=O) groups excluding carboxylic acids is 1. The van der Waals surface area contributed by atoms with Crippen molar-refractivity contribution >= 4 is 23.4 Å². The molecule has 0 aliphatic carbocycles. The van der Waals surface area contributed by atoms with Crippen molar-refractivity contribution in [1.29, 1.82) is 0 Å². The molecule has 1 aromatic carbocycles. The van der Waals surface area contributed by atoms with Crippen molar-refractivity contribution in [3.8, 4) is 0 Å². The average Bonchev–Trinajstić information content (AvgIpc) is 2.87. The molecule has 0 saturated heterocycles. The van der Waals surface area contributed by atoms with Gasteiger partial charge < -0.3 is 14.9 Å². The predicted molar refractivity (Wildman–Crippen MR) is 75.2 cm³/mol. The molecule has 1 aromatic heterocycles. The van der Waals surface area contributed by atoms with Crippen molar-refractivity contribution in [2.45, 2.75) is 17.1 Å². The van der Waals surface area contributed by atoms with Gasteiger partial charge in [0, 0.05) is 10.6 Å². The van der Waals surface area contributed by atoms with Crippen molar-refractivity contribution in [3.63, 3.8) is 0 Å². The molecule has 4 nitrogen and oxygen atoms in total. The van der Waals surface area contributed by atoms with E-state index in [2.05, 4.69) is 4.74 Å². The number of benzene rings is 1. The summed E-state index contributed by atoms with van der Waals surface area (Å²) in [5.41, 5.74) is 6.47. The highest BCUT2D eigenvalue weighted by atomic mass is 32.2. The van der Waals surface area contributed by atoms with Crippen LogP contribution in [0.2, 0.25) is 0 Å². The van der Waals surface area contributed by atoms with Crippen molar-refractivity contribution in [2.75, 3.05) is 12.8 Å². The molecule has 1 unspecified atom stereocenters. The topological polar surface area (TPSA) is 65.5 Å². The average molecular weight is 277 g/mol. The van der Waals surface area contributed by atoms with Crippen LogP contribution in [0, 0.1) is 0 Å². The minimum atomic E-state index is -0.465. The summed E-state index contributed by atoms with van der Waals surface area (Å²) in [7, 11) is 1.33.